The second-order valence-electron chi connectivity index (χ2n) is 7.48. The van der Waals surface area contributed by atoms with Gasteiger partial charge in [0.1, 0.15) is 6.54 Å². The molecule has 0 saturated carbocycles. The molecule has 0 atom stereocenters. The first-order valence-corrected chi connectivity index (χ1v) is 9.93. The topological polar surface area (TPSA) is 86.0 Å². The third kappa shape index (κ3) is 4.16. The first-order chi connectivity index (χ1) is 14.9. The summed E-state index contributed by atoms with van der Waals surface area (Å²) in [6.07, 6.45) is 1.50. The predicted molar refractivity (Wildman–Crippen MR) is 120 cm³/mol. The highest BCUT2D eigenvalue weighted by atomic mass is 16.2. The number of rotatable bonds is 5. The zero-order valence-electron chi connectivity index (χ0n) is 17.3. The van der Waals surface area contributed by atoms with Gasteiger partial charge in [-0.2, -0.15) is 0 Å². The maximum absolute atomic E-state index is 13.2. The molecule has 1 amide bonds. The summed E-state index contributed by atoms with van der Waals surface area (Å²) in [5.41, 5.74) is 2.90. The summed E-state index contributed by atoms with van der Waals surface area (Å²) in [5.74, 6) is -0.356. The molecule has 0 unspecified atom stereocenters. The highest BCUT2D eigenvalue weighted by Gasteiger charge is 2.17. The molecule has 0 spiro atoms. The van der Waals surface area contributed by atoms with Crippen LogP contribution in [0.25, 0.3) is 11.0 Å². The van der Waals surface area contributed by atoms with Crippen LogP contribution in [0.5, 0.6) is 0 Å². The summed E-state index contributed by atoms with van der Waals surface area (Å²) < 4.78 is 2.42. The molecular formula is C24H22N4O3. The van der Waals surface area contributed by atoms with Crippen LogP contribution in [0.3, 0.4) is 0 Å². The molecule has 4 aromatic rings. The van der Waals surface area contributed by atoms with Gasteiger partial charge in [0, 0.05) is 11.9 Å². The molecule has 0 aliphatic heterocycles. The third-order valence-electron chi connectivity index (χ3n) is 5.14. The summed E-state index contributed by atoms with van der Waals surface area (Å²) in [6.45, 7) is 3.71. The van der Waals surface area contributed by atoms with E-state index in [2.05, 4.69) is 10.3 Å². The lowest BCUT2D eigenvalue weighted by Gasteiger charge is -2.14. The fourth-order valence-electron chi connectivity index (χ4n) is 3.50. The Balaban J connectivity index is 1.76. The molecule has 4 rings (SSSR count). The van der Waals surface area contributed by atoms with E-state index < -0.39 is 11.2 Å². The van der Waals surface area contributed by atoms with Crippen LogP contribution in [0.4, 0.5) is 5.69 Å². The molecule has 2 heterocycles. The first-order valence-electron chi connectivity index (χ1n) is 9.93. The van der Waals surface area contributed by atoms with Crippen LogP contribution in [0.15, 0.2) is 76.4 Å². The van der Waals surface area contributed by atoms with Crippen LogP contribution in [-0.2, 0) is 17.9 Å². The van der Waals surface area contributed by atoms with E-state index >= 15 is 0 Å². The average Bonchev–Trinajstić information content (AvgIpc) is 2.77. The minimum atomic E-state index is -0.550. The van der Waals surface area contributed by atoms with Crippen molar-refractivity contribution in [3.63, 3.8) is 0 Å². The molecule has 0 aliphatic rings. The van der Waals surface area contributed by atoms with Crippen molar-refractivity contribution in [2.45, 2.75) is 26.9 Å². The van der Waals surface area contributed by atoms with E-state index in [4.69, 9.17) is 0 Å². The lowest BCUT2D eigenvalue weighted by molar-refractivity contribution is -0.116. The summed E-state index contributed by atoms with van der Waals surface area (Å²) in [7, 11) is 0. The number of aromatic nitrogens is 3. The first kappa shape index (κ1) is 20.3. The minimum absolute atomic E-state index is 0.101. The van der Waals surface area contributed by atoms with Crippen LogP contribution < -0.4 is 16.6 Å². The van der Waals surface area contributed by atoms with Gasteiger partial charge in [-0.05, 0) is 48.7 Å². The summed E-state index contributed by atoms with van der Waals surface area (Å²) in [6, 6.07) is 18.3. The number of carbonyl (C=O) groups excluding carboxylic acids is 1. The second kappa shape index (κ2) is 8.39. The molecule has 7 nitrogen and oxygen atoms in total. The molecule has 0 saturated heterocycles. The van der Waals surface area contributed by atoms with Gasteiger partial charge in [-0.25, -0.2) is 9.78 Å². The van der Waals surface area contributed by atoms with Gasteiger partial charge in [0.25, 0.3) is 5.56 Å². The Morgan fingerprint density at radius 1 is 0.968 bits per heavy atom. The van der Waals surface area contributed by atoms with Crippen molar-refractivity contribution in [1.29, 1.82) is 0 Å². The van der Waals surface area contributed by atoms with Crippen LogP contribution in [-0.4, -0.2) is 20.0 Å². The number of hydrogen-bond donors (Lipinski definition) is 1. The van der Waals surface area contributed by atoms with Crippen molar-refractivity contribution in [2.75, 3.05) is 5.32 Å². The van der Waals surface area contributed by atoms with Crippen molar-refractivity contribution in [2.24, 2.45) is 0 Å². The number of anilines is 1. The largest absolute Gasteiger partial charge is 0.332 e. The number of aryl methyl sites for hydroxylation is 2. The van der Waals surface area contributed by atoms with Crippen molar-refractivity contribution in [1.82, 2.24) is 14.1 Å². The van der Waals surface area contributed by atoms with Gasteiger partial charge in [-0.1, -0.05) is 42.5 Å². The number of amides is 1. The van der Waals surface area contributed by atoms with Gasteiger partial charge < -0.3 is 5.32 Å². The van der Waals surface area contributed by atoms with Crippen molar-refractivity contribution < 1.29 is 4.79 Å². The van der Waals surface area contributed by atoms with Gasteiger partial charge >= 0.3 is 5.69 Å². The van der Waals surface area contributed by atoms with Crippen LogP contribution in [0.1, 0.15) is 16.7 Å². The van der Waals surface area contributed by atoms with E-state index in [1.807, 2.05) is 62.4 Å². The molecule has 2 aromatic heterocycles. The Labute approximate surface area is 178 Å². The maximum Gasteiger partial charge on any atom is 0.332 e. The number of fused-ring (bicyclic) bond motifs is 1. The Kier molecular flexibility index (Phi) is 5.49. The van der Waals surface area contributed by atoms with Gasteiger partial charge in [0.15, 0.2) is 5.52 Å². The highest BCUT2D eigenvalue weighted by molar-refractivity contribution is 5.92. The zero-order chi connectivity index (χ0) is 22.0. The number of pyridine rings is 1. The van der Waals surface area contributed by atoms with Crippen LogP contribution in [0.2, 0.25) is 0 Å². The predicted octanol–water partition coefficient (Wildman–Crippen LogP) is 2.86. The van der Waals surface area contributed by atoms with E-state index in [1.165, 1.54) is 10.8 Å². The van der Waals surface area contributed by atoms with Gasteiger partial charge in [-0.3, -0.25) is 18.7 Å². The smallest absolute Gasteiger partial charge is 0.324 e. The molecule has 0 aliphatic carbocycles. The van der Waals surface area contributed by atoms with E-state index in [9.17, 15) is 14.4 Å². The maximum atomic E-state index is 13.2. The monoisotopic (exact) mass is 414 g/mol. The number of carbonyl (C=O) groups is 1. The second-order valence-corrected chi connectivity index (χ2v) is 7.48. The minimum Gasteiger partial charge on any atom is -0.324 e. The summed E-state index contributed by atoms with van der Waals surface area (Å²) in [4.78, 5) is 43.2. The molecule has 31 heavy (non-hydrogen) atoms. The van der Waals surface area contributed by atoms with Crippen molar-refractivity contribution >= 4 is 22.6 Å². The molecule has 156 valence electrons. The van der Waals surface area contributed by atoms with Gasteiger partial charge in [0.05, 0.1) is 12.1 Å². The number of hydrogen-bond acceptors (Lipinski definition) is 4. The number of nitrogens with one attached hydrogen (secondary N) is 1. The fourth-order valence-corrected chi connectivity index (χ4v) is 3.50. The van der Waals surface area contributed by atoms with E-state index in [-0.39, 0.29) is 24.5 Å². The summed E-state index contributed by atoms with van der Waals surface area (Å²) in [5, 5.41) is 2.87. The van der Waals surface area contributed by atoms with Crippen molar-refractivity contribution in [3.8, 4) is 0 Å². The highest BCUT2D eigenvalue weighted by Crippen LogP contribution is 2.16. The van der Waals surface area contributed by atoms with Gasteiger partial charge in [0.2, 0.25) is 5.91 Å². The Hall–Kier alpha value is -4.00. The molecule has 0 radical (unpaired) electrons. The SMILES string of the molecule is Cc1ccc(C)c(NC(=O)Cn2c(=O)n(Cc3ccccc3)c(=O)c3ncccc32)c1. The van der Waals surface area contributed by atoms with Crippen LogP contribution in [0, 0.1) is 13.8 Å². The summed E-state index contributed by atoms with van der Waals surface area (Å²) >= 11 is 0. The van der Waals surface area contributed by atoms with Crippen LogP contribution >= 0.6 is 0 Å². The van der Waals surface area contributed by atoms with E-state index in [1.54, 1.807) is 12.1 Å². The number of benzene rings is 2. The Bertz CT molecular complexity index is 1390. The lowest BCUT2D eigenvalue weighted by Crippen LogP contribution is -2.42. The average molecular weight is 414 g/mol. The molecule has 2 aromatic carbocycles. The van der Waals surface area contributed by atoms with E-state index in [0.29, 0.717) is 11.2 Å². The zero-order valence-corrected chi connectivity index (χ0v) is 17.3. The normalized spacial score (nSPS) is 10.9. The molecule has 0 fully saturated rings. The molecule has 0 bridgehead atoms. The van der Waals surface area contributed by atoms with Gasteiger partial charge in [-0.15, -0.1) is 0 Å². The fraction of sp³-hybridized carbons (Fsp3) is 0.167. The third-order valence-corrected chi connectivity index (χ3v) is 5.14. The standard InChI is InChI=1S/C24H22N4O3/c1-16-10-11-17(2)19(13-16)26-21(29)15-27-20-9-6-12-25-22(20)23(30)28(24(27)31)14-18-7-4-3-5-8-18/h3-13H,14-15H2,1-2H3,(H,26,29). The molecule has 1 N–H and O–H groups in total. The van der Waals surface area contributed by atoms with Crippen molar-refractivity contribution in [3.05, 3.63) is 104 Å². The molecule has 7 heteroatoms. The Morgan fingerprint density at radius 3 is 2.52 bits per heavy atom. The Morgan fingerprint density at radius 2 is 1.74 bits per heavy atom. The lowest BCUT2D eigenvalue weighted by atomic mass is 10.1. The quantitative estimate of drug-likeness (QED) is 0.544. The molecular weight excluding hydrogens is 392 g/mol. The van der Waals surface area contributed by atoms with E-state index in [0.717, 1.165) is 21.3 Å². The number of nitrogens with zero attached hydrogens (tertiary/aromatic N) is 3.